The third kappa shape index (κ3) is 1.52. The van der Waals surface area contributed by atoms with Crippen LogP contribution in [0.1, 0.15) is 5.69 Å². The molecule has 0 aliphatic carbocycles. The van der Waals surface area contributed by atoms with Crippen molar-refractivity contribution >= 4 is 13.3 Å². The van der Waals surface area contributed by atoms with E-state index >= 15 is 0 Å². The van der Waals surface area contributed by atoms with E-state index in [9.17, 15) is 0 Å². The molecule has 2 nitrogen and oxygen atoms in total. The van der Waals surface area contributed by atoms with Crippen LogP contribution in [0.15, 0.2) is 6.20 Å². The minimum Gasteiger partial charge on any atom is -0.285 e. The van der Waals surface area contributed by atoms with Crippen LogP contribution in [0.2, 0.25) is 19.6 Å². The Kier molecular flexibility index (Phi) is 1.88. The summed E-state index contributed by atoms with van der Waals surface area (Å²) in [6.45, 7) is 6.75. The monoisotopic (exact) mass is 164 g/mol. The molecule has 0 unspecified atom stereocenters. The summed E-state index contributed by atoms with van der Waals surface area (Å²) < 4.78 is 0. The molecule has 0 spiro atoms. The van der Waals surface area contributed by atoms with Gasteiger partial charge in [0.05, 0.1) is 8.07 Å². The number of H-pyrrole nitrogens is 1. The average Bonchev–Trinajstić information content (AvgIpc) is 2.31. The Labute approximate surface area is 68.0 Å². The van der Waals surface area contributed by atoms with Crippen LogP contribution < -0.4 is 5.19 Å². The van der Waals surface area contributed by atoms with E-state index in [0.29, 0.717) is 0 Å². The molecule has 0 aliphatic rings. The summed E-state index contributed by atoms with van der Waals surface area (Å²) in [6.07, 6.45) is 7.20. The first-order valence-corrected chi connectivity index (χ1v) is 7.06. The van der Waals surface area contributed by atoms with Crippen LogP contribution in [0, 0.1) is 12.3 Å². The molecule has 11 heavy (non-hydrogen) atoms. The van der Waals surface area contributed by atoms with Gasteiger partial charge in [-0.2, -0.15) is 5.10 Å². The second-order valence-electron chi connectivity index (χ2n) is 3.54. The lowest BCUT2D eigenvalue weighted by atomic mass is 10.5. The van der Waals surface area contributed by atoms with E-state index in [-0.39, 0.29) is 0 Å². The highest BCUT2D eigenvalue weighted by molar-refractivity contribution is 6.89. The highest BCUT2D eigenvalue weighted by Gasteiger charge is 2.20. The molecule has 1 N–H and O–H groups in total. The Balaban J connectivity index is 3.15. The highest BCUT2D eigenvalue weighted by atomic mass is 28.3. The van der Waals surface area contributed by atoms with Gasteiger partial charge in [0, 0.05) is 6.20 Å². The Morgan fingerprint density at radius 3 is 2.55 bits per heavy atom. The molecule has 1 aromatic rings. The molecule has 0 amide bonds. The van der Waals surface area contributed by atoms with Gasteiger partial charge >= 0.3 is 0 Å². The second-order valence-corrected chi connectivity index (χ2v) is 8.58. The van der Waals surface area contributed by atoms with Gasteiger partial charge in [0.25, 0.3) is 0 Å². The van der Waals surface area contributed by atoms with Crippen molar-refractivity contribution in [2.45, 2.75) is 19.6 Å². The molecule has 0 atom stereocenters. The number of terminal acetylenes is 1. The maximum Gasteiger partial charge on any atom is 0.133 e. The molecule has 1 heterocycles. The van der Waals surface area contributed by atoms with E-state index in [1.54, 1.807) is 0 Å². The fourth-order valence-electron chi connectivity index (χ4n) is 0.972. The predicted molar refractivity (Wildman–Crippen MR) is 49.5 cm³/mol. The Morgan fingerprint density at radius 2 is 2.18 bits per heavy atom. The summed E-state index contributed by atoms with van der Waals surface area (Å²) >= 11 is 0. The van der Waals surface area contributed by atoms with Crippen LogP contribution in [0.25, 0.3) is 0 Å². The fourth-order valence-corrected chi connectivity index (χ4v) is 2.31. The van der Waals surface area contributed by atoms with Gasteiger partial charge in [0.2, 0.25) is 0 Å². The van der Waals surface area contributed by atoms with Gasteiger partial charge in [0.1, 0.15) is 5.69 Å². The number of hydrogen-bond donors (Lipinski definition) is 1. The van der Waals surface area contributed by atoms with Crippen LogP contribution >= 0.6 is 0 Å². The van der Waals surface area contributed by atoms with E-state index in [4.69, 9.17) is 6.42 Å². The average molecular weight is 164 g/mol. The summed E-state index contributed by atoms with van der Waals surface area (Å²) in [5.41, 5.74) is 0.782. The van der Waals surface area contributed by atoms with Crippen molar-refractivity contribution in [1.29, 1.82) is 0 Å². The van der Waals surface area contributed by atoms with Crippen molar-refractivity contribution in [2.24, 2.45) is 0 Å². The van der Waals surface area contributed by atoms with Gasteiger partial charge in [-0.1, -0.05) is 19.6 Å². The van der Waals surface area contributed by atoms with Gasteiger partial charge < -0.3 is 0 Å². The smallest absolute Gasteiger partial charge is 0.133 e. The number of aromatic nitrogens is 2. The van der Waals surface area contributed by atoms with Crippen LogP contribution in [0.4, 0.5) is 0 Å². The van der Waals surface area contributed by atoms with Crippen LogP contribution in [-0.4, -0.2) is 18.3 Å². The van der Waals surface area contributed by atoms with Crippen molar-refractivity contribution in [1.82, 2.24) is 10.2 Å². The summed E-state index contributed by atoms with van der Waals surface area (Å²) in [4.78, 5) is 0. The summed E-state index contributed by atoms with van der Waals surface area (Å²) in [6, 6.07) is 0. The van der Waals surface area contributed by atoms with E-state index in [0.717, 1.165) is 5.69 Å². The number of nitrogens with zero attached hydrogens (tertiary/aromatic N) is 1. The molecular formula is C8H12N2Si. The van der Waals surface area contributed by atoms with Crippen LogP contribution in [0.5, 0.6) is 0 Å². The maximum atomic E-state index is 5.28. The molecule has 0 saturated heterocycles. The van der Waals surface area contributed by atoms with Crippen LogP contribution in [-0.2, 0) is 0 Å². The fraction of sp³-hybridized carbons (Fsp3) is 0.375. The van der Waals surface area contributed by atoms with Crippen molar-refractivity contribution in [3.63, 3.8) is 0 Å². The molecule has 0 aromatic carbocycles. The molecule has 58 valence electrons. The topological polar surface area (TPSA) is 28.7 Å². The lowest BCUT2D eigenvalue weighted by Gasteiger charge is -2.13. The Hall–Kier alpha value is -1.01. The summed E-state index contributed by atoms with van der Waals surface area (Å²) in [5, 5.41) is 8.01. The number of nitrogens with one attached hydrogen (secondary N) is 1. The standard InChI is InChI=1S/C8H12N2Si/c1-5-7-8(6-9-10-7)11(2,3)4/h1,6H,2-4H3,(H,9,10). The lowest BCUT2D eigenvalue weighted by molar-refractivity contribution is 1.08. The first kappa shape index (κ1) is 8.09. The number of rotatable bonds is 1. The molecule has 1 aromatic heterocycles. The third-order valence-corrected chi connectivity index (χ3v) is 3.58. The molecular weight excluding hydrogens is 152 g/mol. The van der Waals surface area contributed by atoms with Crippen molar-refractivity contribution in [3.8, 4) is 12.3 Å². The summed E-state index contributed by atoms with van der Waals surface area (Å²) in [5.74, 6) is 2.57. The van der Waals surface area contributed by atoms with Gasteiger partial charge in [-0.05, 0) is 11.1 Å². The highest BCUT2D eigenvalue weighted by Crippen LogP contribution is 2.02. The van der Waals surface area contributed by atoms with Crippen LogP contribution in [0.3, 0.4) is 0 Å². The molecule has 0 radical (unpaired) electrons. The molecule has 1 rings (SSSR count). The number of aromatic amines is 1. The Bertz CT molecular complexity index is 288. The predicted octanol–water partition coefficient (Wildman–Crippen LogP) is 0.936. The van der Waals surface area contributed by atoms with Gasteiger partial charge in [-0.15, -0.1) is 6.42 Å². The van der Waals surface area contributed by atoms with Gasteiger partial charge in [-0.3, -0.25) is 5.10 Å². The molecule has 0 aliphatic heterocycles. The second kappa shape index (κ2) is 2.55. The third-order valence-electron chi connectivity index (χ3n) is 1.59. The maximum absolute atomic E-state index is 5.28. The lowest BCUT2D eigenvalue weighted by Crippen LogP contribution is -2.38. The van der Waals surface area contributed by atoms with Crippen molar-refractivity contribution < 1.29 is 0 Å². The van der Waals surface area contributed by atoms with E-state index in [1.807, 2.05) is 6.20 Å². The van der Waals surface area contributed by atoms with E-state index in [1.165, 1.54) is 5.19 Å². The van der Waals surface area contributed by atoms with Crippen molar-refractivity contribution in [3.05, 3.63) is 11.9 Å². The summed E-state index contributed by atoms with van der Waals surface area (Å²) in [7, 11) is -1.28. The SMILES string of the molecule is C#Cc1n[nH]cc1[Si](C)(C)C. The first-order valence-electron chi connectivity index (χ1n) is 3.56. The van der Waals surface area contributed by atoms with Gasteiger partial charge in [0.15, 0.2) is 0 Å². The zero-order chi connectivity index (χ0) is 8.48. The molecule has 0 saturated carbocycles. The normalized spacial score (nSPS) is 11.1. The molecule has 0 fully saturated rings. The minimum atomic E-state index is -1.28. The van der Waals surface area contributed by atoms with E-state index in [2.05, 4.69) is 35.8 Å². The minimum absolute atomic E-state index is 0.782. The van der Waals surface area contributed by atoms with E-state index < -0.39 is 8.07 Å². The Morgan fingerprint density at radius 1 is 1.55 bits per heavy atom. The quantitative estimate of drug-likeness (QED) is 0.485. The van der Waals surface area contributed by atoms with Crippen molar-refractivity contribution in [2.75, 3.05) is 0 Å². The zero-order valence-electron chi connectivity index (χ0n) is 7.10. The zero-order valence-corrected chi connectivity index (χ0v) is 8.10. The van der Waals surface area contributed by atoms with Gasteiger partial charge in [-0.25, -0.2) is 0 Å². The first-order chi connectivity index (χ1) is 5.05. The largest absolute Gasteiger partial charge is 0.285 e. The molecule has 0 bridgehead atoms. The molecule has 3 heteroatoms. The number of hydrogen-bond acceptors (Lipinski definition) is 1.